The lowest BCUT2D eigenvalue weighted by Crippen LogP contribution is -2.21. The molecule has 6 heteroatoms. The van der Waals surface area contributed by atoms with Crippen molar-refractivity contribution in [2.24, 2.45) is 0 Å². The number of rotatable bonds is 6. The number of nitrogens with zero attached hydrogens (tertiary/aromatic N) is 2. The third-order valence-electron chi connectivity index (χ3n) is 5.34. The first kappa shape index (κ1) is 20.6. The number of ether oxygens (including phenoxy) is 1. The molecule has 6 nitrogen and oxygen atoms in total. The minimum Gasteiger partial charge on any atom is -0.452 e. The Morgan fingerprint density at radius 3 is 2.74 bits per heavy atom. The van der Waals surface area contributed by atoms with Crippen LogP contribution in [-0.4, -0.2) is 36.6 Å². The van der Waals surface area contributed by atoms with Crippen LogP contribution in [0, 0.1) is 6.92 Å². The van der Waals surface area contributed by atoms with E-state index in [0.29, 0.717) is 5.69 Å². The maximum absolute atomic E-state index is 12.2. The molecule has 1 amide bonds. The Kier molecular flexibility index (Phi) is 6.26. The van der Waals surface area contributed by atoms with E-state index in [2.05, 4.69) is 15.2 Å². The summed E-state index contributed by atoms with van der Waals surface area (Å²) in [4.78, 5) is 30.9. The van der Waals surface area contributed by atoms with Crippen molar-refractivity contribution in [3.05, 3.63) is 71.9 Å². The molecule has 2 aromatic carbocycles. The molecule has 0 saturated carbocycles. The fourth-order valence-electron chi connectivity index (χ4n) is 3.85. The van der Waals surface area contributed by atoms with Gasteiger partial charge in [0.2, 0.25) is 0 Å². The molecule has 1 aliphatic heterocycles. The highest BCUT2D eigenvalue weighted by Gasteiger charge is 2.15. The summed E-state index contributed by atoms with van der Waals surface area (Å²) in [5.41, 5.74) is 4.63. The lowest BCUT2D eigenvalue weighted by molar-refractivity contribution is -0.142. The van der Waals surface area contributed by atoms with Crippen LogP contribution >= 0.6 is 0 Å². The fraction of sp³-hybridized carbons (Fsp3) is 0.240. The quantitative estimate of drug-likeness (QED) is 0.479. The Balaban J connectivity index is 1.31. The zero-order valence-corrected chi connectivity index (χ0v) is 17.5. The van der Waals surface area contributed by atoms with Crippen LogP contribution in [0.25, 0.3) is 17.0 Å². The predicted octanol–water partition coefficient (Wildman–Crippen LogP) is 4.34. The van der Waals surface area contributed by atoms with Crippen molar-refractivity contribution in [1.29, 1.82) is 0 Å². The zero-order chi connectivity index (χ0) is 21.6. The molecular weight excluding hydrogens is 390 g/mol. The van der Waals surface area contributed by atoms with Gasteiger partial charge in [0.1, 0.15) is 0 Å². The molecule has 2 heterocycles. The lowest BCUT2D eigenvalue weighted by atomic mass is 10.1. The summed E-state index contributed by atoms with van der Waals surface area (Å²) in [6.45, 7) is 3.84. The van der Waals surface area contributed by atoms with Crippen LogP contribution in [0.2, 0.25) is 0 Å². The van der Waals surface area contributed by atoms with Crippen molar-refractivity contribution in [2.75, 3.05) is 29.9 Å². The number of fused-ring (bicyclic) bond motifs is 1. The Bertz CT molecular complexity index is 1130. The topological polar surface area (TPSA) is 71.5 Å². The van der Waals surface area contributed by atoms with Crippen molar-refractivity contribution in [2.45, 2.75) is 19.8 Å². The minimum atomic E-state index is -0.580. The molecule has 31 heavy (non-hydrogen) atoms. The minimum absolute atomic E-state index is 0.343. The second-order valence-corrected chi connectivity index (χ2v) is 7.61. The molecule has 3 aromatic rings. The maximum atomic E-state index is 12.2. The van der Waals surface area contributed by atoms with E-state index in [0.717, 1.165) is 35.1 Å². The first-order valence-corrected chi connectivity index (χ1v) is 10.4. The third-order valence-corrected chi connectivity index (χ3v) is 5.34. The van der Waals surface area contributed by atoms with Gasteiger partial charge in [-0.15, -0.1) is 0 Å². The number of amides is 1. The standard InChI is InChI=1S/C25H25N3O3/c1-18-16-21(10-11-22(18)28-14-2-3-15-28)27-23(29)17-31-24(30)12-9-20-7-4-6-19-8-5-13-26-25(19)20/h4-13,16H,2-3,14-15,17H2,1H3,(H,27,29)/b12-9+. The average Bonchev–Trinajstić information content (AvgIpc) is 3.31. The summed E-state index contributed by atoms with van der Waals surface area (Å²) in [5.74, 6) is -0.953. The van der Waals surface area contributed by atoms with E-state index in [-0.39, 0.29) is 12.5 Å². The van der Waals surface area contributed by atoms with Gasteiger partial charge in [-0.05, 0) is 55.7 Å². The van der Waals surface area contributed by atoms with Crippen LogP contribution in [-0.2, 0) is 14.3 Å². The third kappa shape index (κ3) is 5.09. The molecule has 0 aliphatic carbocycles. The molecule has 1 fully saturated rings. The highest BCUT2D eigenvalue weighted by atomic mass is 16.5. The number of carbonyl (C=O) groups is 2. The molecule has 1 aliphatic rings. The van der Waals surface area contributed by atoms with E-state index in [9.17, 15) is 9.59 Å². The monoisotopic (exact) mass is 415 g/mol. The van der Waals surface area contributed by atoms with E-state index >= 15 is 0 Å². The molecule has 1 aromatic heterocycles. The first-order valence-electron chi connectivity index (χ1n) is 10.4. The lowest BCUT2D eigenvalue weighted by Gasteiger charge is -2.20. The van der Waals surface area contributed by atoms with Crippen molar-refractivity contribution in [1.82, 2.24) is 4.98 Å². The molecule has 0 unspecified atom stereocenters. The van der Waals surface area contributed by atoms with Crippen LogP contribution < -0.4 is 10.2 Å². The Labute approximate surface area is 181 Å². The van der Waals surface area contributed by atoms with Gasteiger partial charge in [-0.3, -0.25) is 9.78 Å². The second kappa shape index (κ2) is 9.43. The second-order valence-electron chi connectivity index (χ2n) is 7.61. The van der Waals surface area contributed by atoms with Crippen LogP contribution in [0.3, 0.4) is 0 Å². The van der Waals surface area contributed by atoms with Crippen LogP contribution in [0.15, 0.2) is 60.8 Å². The number of nitrogens with one attached hydrogen (secondary N) is 1. The molecule has 1 N–H and O–H groups in total. The van der Waals surface area contributed by atoms with Gasteiger partial charge in [0.25, 0.3) is 5.91 Å². The SMILES string of the molecule is Cc1cc(NC(=O)COC(=O)/C=C/c2cccc3cccnc23)ccc1N1CCCC1. The van der Waals surface area contributed by atoms with Crippen molar-refractivity contribution in [3.8, 4) is 0 Å². The molecule has 4 rings (SSSR count). The molecular formula is C25H25N3O3. The van der Waals surface area contributed by atoms with Crippen LogP contribution in [0.5, 0.6) is 0 Å². The summed E-state index contributed by atoms with van der Waals surface area (Å²) < 4.78 is 5.08. The maximum Gasteiger partial charge on any atom is 0.331 e. The number of pyridine rings is 1. The molecule has 0 bridgehead atoms. The van der Waals surface area contributed by atoms with Gasteiger partial charge >= 0.3 is 5.97 Å². The number of hydrogen-bond acceptors (Lipinski definition) is 5. The molecule has 158 valence electrons. The van der Waals surface area contributed by atoms with Gasteiger partial charge in [-0.2, -0.15) is 0 Å². The highest BCUT2D eigenvalue weighted by Crippen LogP contribution is 2.26. The molecule has 0 radical (unpaired) electrons. The molecule has 0 spiro atoms. The van der Waals surface area contributed by atoms with E-state index in [4.69, 9.17) is 4.74 Å². The number of aromatic nitrogens is 1. The average molecular weight is 415 g/mol. The van der Waals surface area contributed by atoms with E-state index in [1.165, 1.54) is 24.6 Å². The van der Waals surface area contributed by atoms with Gasteiger partial charge in [-0.25, -0.2) is 4.79 Å². The zero-order valence-electron chi connectivity index (χ0n) is 17.5. The number of hydrogen-bond donors (Lipinski definition) is 1. The van der Waals surface area contributed by atoms with Crippen molar-refractivity contribution >= 4 is 40.2 Å². The van der Waals surface area contributed by atoms with Gasteiger partial charge in [0, 0.05) is 47.7 Å². The fourth-order valence-corrected chi connectivity index (χ4v) is 3.85. The van der Waals surface area contributed by atoms with Gasteiger partial charge < -0.3 is 15.0 Å². The Morgan fingerprint density at radius 2 is 1.94 bits per heavy atom. The van der Waals surface area contributed by atoms with Crippen molar-refractivity contribution < 1.29 is 14.3 Å². The largest absolute Gasteiger partial charge is 0.452 e. The Hall–Kier alpha value is -3.67. The van der Waals surface area contributed by atoms with Gasteiger partial charge in [0.15, 0.2) is 6.61 Å². The van der Waals surface area contributed by atoms with Gasteiger partial charge in [-0.1, -0.05) is 24.3 Å². The Morgan fingerprint density at radius 1 is 1.13 bits per heavy atom. The number of carbonyl (C=O) groups excluding carboxylic acids is 2. The van der Waals surface area contributed by atoms with Gasteiger partial charge in [0.05, 0.1) is 5.52 Å². The summed E-state index contributed by atoms with van der Waals surface area (Å²) in [6, 6.07) is 15.4. The van der Waals surface area contributed by atoms with Crippen LogP contribution in [0.4, 0.5) is 11.4 Å². The molecule has 1 saturated heterocycles. The predicted molar refractivity (Wildman–Crippen MR) is 123 cm³/mol. The summed E-state index contributed by atoms with van der Waals surface area (Å²) in [5, 5.41) is 3.77. The normalized spacial score (nSPS) is 13.6. The summed E-state index contributed by atoms with van der Waals surface area (Å²) in [7, 11) is 0. The number of para-hydroxylation sites is 1. The smallest absolute Gasteiger partial charge is 0.331 e. The van der Waals surface area contributed by atoms with E-state index < -0.39 is 5.97 Å². The number of anilines is 2. The summed E-state index contributed by atoms with van der Waals surface area (Å²) in [6.07, 6.45) is 7.10. The highest BCUT2D eigenvalue weighted by molar-refractivity contribution is 5.96. The molecule has 0 atom stereocenters. The summed E-state index contributed by atoms with van der Waals surface area (Å²) >= 11 is 0. The number of aryl methyl sites for hydroxylation is 1. The van der Waals surface area contributed by atoms with E-state index in [1.807, 2.05) is 55.5 Å². The number of benzene rings is 2. The number of esters is 1. The first-order chi connectivity index (χ1) is 15.1. The van der Waals surface area contributed by atoms with Crippen molar-refractivity contribution in [3.63, 3.8) is 0 Å². The van der Waals surface area contributed by atoms with Crippen LogP contribution in [0.1, 0.15) is 24.0 Å². The van der Waals surface area contributed by atoms with E-state index in [1.54, 1.807) is 12.3 Å².